The first kappa shape index (κ1) is 10.7. The molecule has 1 aliphatic rings. The first-order valence-corrected chi connectivity index (χ1v) is 4.78. The Balaban J connectivity index is 2.35. The molecule has 1 aliphatic carbocycles. The molecule has 0 saturated heterocycles. The maximum Gasteiger partial charge on any atom is 0.0839 e. The van der Waals surface area contributed by atoms with Gasteiger partial charge in [-0.05, 0) is 33.4 Å². The van der Waals surface area contributed by atoms with Crippen molar-refractivity contribution in [3.8, 4) is 0 Å². The number of hydrogen-bond donors (Lipinski definition) is 2. The van der Waals surface area contributed by atoms with Gasteiger partial charge in [0.15, 0.2) is 0 Å². The molecule has 0 spiro atoms. The second-order valence-corrected chi connectivity index (χ2v) is 3.99. The summed E-state index contributed by atoms with van der Waals surface area (Å²) in [6, 6.07) is 0. The largest absolute Gasteiger partial charge is 0.390 e. The van der Waals surface area contributed by atoms with Crippen LogP contribution in [0.1, 0.15) is 19.3 Å². The lowest BCUT2D eigenvalue weighted by molar-refractivity contribution is 0.0161. The van der Waals surface area contributed by atoms with Crippen LogP contribution in [-0.4, -0.2) is 48.0 Å². The first-order chi connectivity index (χ1) is 6.09. The molecule has 0 saturated carbocycles. The van der Waals surface area contributed by atoms with Gasteiger partial charge in [-0.1, -0.05) is 11.6 Å². The Kier molecular flexibility index (Phi) is 3.90. The van der Waals surface area contributed by atoms with Gasteiger partial charge >= 0.3 is 0 Å². The van der Waals surface area contributed by atoms with Gasteiger partial charge in [0, 0.05) is 6.54 Å². The zero-order chi connectivity index (χ0) is 9.84. The molecule has 3 nitrogen and oxygen atoms in total. The van der Waals surface area contributed by atoms with Gasteiger partial charge in [-0.2, -0.15) is 0 Å². The van der Waals surface area contributed by atoms with Crippen LogP contribution in [0, 0.1) is 0 Å². The number of aliphatic hydroxyl groups excluding tert-OH is 2. The molecule has 0 aliphatic heterocycles. The van der Waals surface area contributed by atoms with E-state index in [-0.39, 0.29) is 0 Å². The highest BCUT2D eigenvalue weighted by molar-refractivity contribution is 5.09. The SMILES string of the molecule is CN(C)CCC1=CC[C@@H](O)[C@H](O)C1. The van der Waals surface area contributed by atoms with Crippen LogP contribution < -0.4 is 0 Å². The summed E-state index contributed by atoms with van der Waals surface area (Å²) in [5.74, 6) is 0. The van der Waals surface area contributed by atoms with Crippen molar-refractivity contribution in [1.29, 1.82) is 0 Å². The molecule has 0 aromatic rings. The molecule has 0 amide bonds. The Morgan fingerprint density at radius 3 is 2.62 bits per heavy atom. The Bertz CT molecular complexity index is 189. The summed E-state index contributed by atoms with van der Waals surface area (Å²) < 4.78 is 0. The summed E-state index contributed by atoms with van der Waals surface area (Å²) in [5, 5.41) is 18.7. The van der Waals surface area contributed by atoms with Crippen LogP contribution in [0.25, 0.3) is 0 Å². The third-order valence-corrected chi connectivity index (χ3v) is 2.44. The van der Waals surface area contributed by atoms with Gasteiger partial charge in [0.2, 0.25) is 0 Å². The maximum atomic E-state index is 9.41. The Morgan fingerprint density at radius 1 is 1.38 bits per heavy atom. The molecule has 0 unspecified atom stereocenters. The van der Waals surface area contributed by atoms with E-state index in [2.05, 4.69) is 11.0 Å². The third kappa shape index (κ3) is 3.46. The van der Waals surface area contributed by atoms with E-state index >= 15 is 0 Å². The van der Waals surface area contributed by atoms with Crippen molar-refractivity contribution in [2.24, 2.45) is 0 Å². The molecule has 76 valence electrons. The van der Waals surface area contributed by atoms with Crippen molar-refractivity contribution in [1.82, 2.24) is 4.90 Å². The Morgan fingerprint density at radius 2 is 2.08 bits per heavy atom. The molecule has 1 rings (SSSR count). The fourth-order valence-corrected chi connectivity index (χ4v) is 1.50. The molecule has 0 bridgehead atoms. The zero-order valence-corrected chi connectivity index (χ0v) is 8.40. The van der Waals surface area contributed by atoms with Crippen molar-refractivity contribution < 1.29 is 10.2 Å². The molecule has 13 heavy (non-hydrogen) atoms. The first-order valence-electron chi connectivity index (χ1n) is 4.78. The molecule has 0 heterocycles. The van der Waals surface area contributed by atoms with E-state index in [4.69, 9.17) is 0 Å². The minimum absolute atomic E-state index is 0.553. The molecule has 0 fully saturated rings. The molecular formula is C10H19NO2. The average molecular weight is 185 g/mol. The smallest absolute Gasteiger partial charge is 0.0839 e. The normalized spacial score (nSPS) is 29.2. The van der Waals surface area contributed by atoms with Crippen LogP contribution in [0.3, 0.4) is 0 Å². The fraction of sp³-hybridized carbons (Fsp3) is 0.800. The zero-order valence-electron chi connectivity index (χ0n) is 8.40. The summed E-state index contributed by atoms with van der Waals surface area (Å²) >= 11 is 0. The Hall–Kier alpha value is -0.380. The van der Waals surface area contributed by atoms with Crippen LogP contribution in [0.2, 0.25) is 0 Å². The maximum absolute atomic E-state index is 9.41. The highest BCUT2D eigenvalue weighted by Crippen LogP contribution is 2.21. The second-order valence-electron chi connectivity index (χ2n) is 3.99. The van der Waals surface area contributed by atoms with Crippen LogP contribution in [-0.2, 0) is 0 Å². The van der Waals surface area contributed by atoms with E-state index in [9.17, 15) is 10.2 Å². The van der Waals surface area contributed by atoms with Crippen molar-refractivity contribution >= 4 is 0 Å². The van der Waals surface area contributed by atoms with E-state index in [1.807, 2.05) is 14.1 Å². The second kappa shape index (κ2) is 4.74. The number of rotatable bonds is 3. The predicted molar refractivity (Wildman–Crippen MR) is 52.5 cm³/mol. The molecule has 0 aromatic heterocycles. The van der Waals surface area contributed by atoms with E-state index in [0.717, 1.165) is 13.0 Å². The summed E-state index contributed by atoms with van der Waals surface area (Å²) in [5.41, 5.74) is 1.27. The van der Waals surface area contributed by atoms with Gasteiger partial charge in [-0.3, -0.25) is 0 Å². The van der Waals surface area contributed by atoms with Gasteiger partial charge in [-0.25, -0.2) is 0 Å². The van der Waals surface area contributed by atoms with Gasteiger partial charge in [-0.15, -0.1) is 0 Å². The van der Waals surface area contributed by atoms with Crippen molar-refractivity contribution in [3.05, 3.63) is 11.6 Å². The lowest BCUT2D eigenvalue weighted by Crippen LogP contribution is -2.29. The van der Waals surface area contributed by atoms with Crippen molar-refractivity contribution in [2.45, 2.75) is 31.5 Å². The highest BCUT2D eigenvalue weighted by atomic mass is 16.3. The van der Waals surface area contributed by atoms with Gasteiger partial charge in [0.1, 0.15) is 0 Å². The van der Waals surface area contributed by atoms with Crippen molar-refractivity contribution in [3.63, 3.8) is 0 Å². The third-order valence-electron chi connectivity index (χ3n) is 2.44. The number of hydrogen-bond acceptors (Lipinski definition) is 3. The molecule has 2 N–H and O–H groups in total. The predicted octanol–water partition coefficient (Wildman–Crippen LogP) is 0.380. The number of aliphatic hydroxyl groups is 2. The quantitative estimate of drug-likeness (QED) is 0.625. The van der Waals surface area contributed by atoms with E-state index in [1.54, 1.807) is 0 Å². The standard InChI is InChI=1S/C10H19NO2/c1-11(2)6-5-8-3-4-9(12)10(13)7-8/h3,9-10,12-13H,4-7H2,1-2H3/t9-,10-/m1/s1. The van der Waals surface area contributed by atoms with Gasteiger partial charge < -0.3 is 15.1 Å². The van der Waals surface area contributed by atoms with Gasteiger partial charge in [0.05, 0.1) is 12.2 Å². The van der Waals surface area contributed by atoms with Crippen LogP contribution >= 0.6 is 0 Å². The summed E-state index contributed by atoms with van der Waals surface area (Å²) in [4.78, 5) is 2.12. The summed E-state index contributed by atoms with van der Waals surface area (Å²) in [6.45, 7) is 1.01. The Labute approximate surface area is 79.7 Å². The monoisotopic (exact) mass is 185 g/mol. The lowest BCUT2D eigenvalue weighted by atomic mass is 9.92. The summed E-state index contributed by atoms with van der Waals surface area (Å²) in [6.07, 6.45) is 3.18. The van der Waals surface area contributed by atoms with Crippen LogP contribution in [0.5, 0.6) is 0 Å². The molecule has 0 aromatic carbocycles. The van der Waals surface area contributed by atoms with E-state index < -0.39 is 12.2 Å². The summed E-state index contributed by atoms with van der Waals surface area (Å²) in [7, 11) is 4.07. The van der Waals surface area contributed by atoms with Crippen molar-refractivity contribution in [2.75, 3.05) is 20.6 Å². The van der Waals surface area contributed by atoms with Crippen LogP contribution in [0.4, 0.5) is 0 Å². The van der Waals surface area contributed by atoms with Crippen LogP contribution in [0.15, 0.2) is 11.6 Å². The molecule has 0 radical (unpaired) electrons. The lowest BCUT2D eigenvalue weighted by Gasteiger charge is -2.24. The molecule has 2 atom stereocenters. The minimum atomic E-state index is -0.554. The highest BCUT2D eigenvalue weighted by Gasteiger charge is 2.21. The minimum Gasteiger partial charge on any atom is -0.390 e. The molecular weight excluding hydrogens is 166 g/mol. The topological polar surface area (TPSA) is 43.7 Å². The van der Waals surface area contributed by atoms with Gasteiger partial charge in [0.25, 0.3) is 0 Å². The molecule has 3 heteroatoms. The average Bonchev–Trinajstić information content (AvgIpc) is 2.07. The van der Waals surface area contributed by atoms with E-state index in [0.29, 0.717) is 12.8 Å². The fourth-order valence-electron chi connectivity index (χ4n) is 1.50. The van der Waals surface area contributed by atoms with E-state index in [1.165, 1.54) is 5.57 Å². The number of nitrogens with zero attached hydrogens (tertiary/aromatic N) is 1.